The molecule has 0 spiro atoms. The van der Waals surface area contributed by atoms with E-state index < -0.39 is 39.0 Å². The molecular formula is C14H12F3N5O4S. The van der Waals surface area contributed by atoms with Crippen LogP contribution in [0.1, 0.15) is 11.3 Å². The van der Waals surface area contributed by atoms with Crippen molar-refractivity contribution in [3.63, 3.8) is 0 Å². The largest absolute Gasteiger partial charge is 0.431 e. The number of alkyl halides is 3. The molecule has 0 aliphatic rings. The third-order valence-electron chi connectivity index (χ3n) is 3.62. The fraction of sp³-hybridized carbons (Fsp3) is 0.286. The first-order valence-electron chi connectivity index (χ1n) is 7.04. The van der Waals surface area contributed by atoms with Crippen LogP contribution in [0.2, 0.25) is 0 Å². The fourth-order valence-electron chi connectivity index (χ4n) is 2.16. The maximum absolute atomic E-state index is 12.9. The van der Waals surface area contributed by atoms with Gasteiger partial charge in [0.15, 0.2) is 5.82 Å². The number of rotatable bonds is 3. The molecule has 13 heteroatoms. The van der Waals surface area contributed by atoms with Crippen LogP contribution in [0.3, 0.4) is 0 Å². The highest BCUT2D eigenvalue weighted by atomic mass is 32.2. The Kier molecular flexibility index (Phi) is 4.89. The molecule has 0 radical (unpaired) electrons. The summed E-state index contributed by atoms with van der Waals surface area (Å²) in [6.45, 7) is 0. The molecule has 0 atom stereocenters. The maximum Gasteiger partial charge on any atom is 0.431 e. The van der Waals surface area contributed by atoms with E-state index in [1.807, 2.05) is 0 Å². The van der Waals surface area contributed by atoms with Crippen molar-refractivity contribution in [3.8, 4) is 11.9 Å². The Labute approximate surface area is 150 Å². The number of nitrogens with zero attached hydrogens (tertiary/aromatic N) is 5. The van der Waals surface area contributed by atoms with Crippen LogP contribution >= 0.6 is 0 Å². The van der Waals surface area contributed by atoms with E-state index >= 15 is 0 Å². The van der Waals surface area contributed by atoms with Crippen LogP contribution in [0.4, 0.5) is 19.0 Å². The van der Waals surface area contributed by atoms with Crippen LogP contribution in [0, 0.1) is 11.3 Å². The molecule has 0 N–H and O–H groups in total. The van der Waals surface area contributed by atoms with Crippen molar-refractivity contribution < 1.29 is 21.6 Å². The Balaban J connectivity index is 2.82. The molecule has 27 heavy (non-hydrogen) atoms. The lowest BCUT2D eigenvalue weighted by Crippen LogP contribution is -2.41. The molecule has 144 valence electrons. The van der Waals surface area contributed by atoms with Crippen molar-refractivity contribution in [2.75, 3.05) is 17.6 Å². The van der Waals surface area contributed by atoms with Gasteiger partial charge in [0.2, 0.25) is 10.0 Å². The lowest BCUT2D eigenvalue weighted by Gasteiger charge is -2.18. The third-order valence-corrected chi connectivity index (χ3v) is 4.78. The highest BCUT2D eigenvalue weighted by molar-refractivity contribution is 7.92. The van der Waals surface area contributed by atoms with E-state index in [1.54, 1.807) is 6.07 Å². The van der Waals surface area contributed by atoms with Crippen molar-refractivity contribution in [1.82, 2.24) is 14.1 Å². The van der Waals surface area contributed by atoms with Gasteiger partial charge in [-0.25, -0.2) is 22.8 Å². The molecule has 0 fully saturated rings. The van der Waals surface area contributed by atoms with Crippen molar-refractivity contribution >= 4 is 15.8 Å². The van der Waals surface area contributed by atoms with Crippen molar-refractivity contribution in [1.29, 1.82) is 5.26 Å². The standard InChI is InChI=1S/C14H12F3N5O4S/c1-20-9(14(15,16)17)6-11(23)22(13(20)24)10-5-4-8(7-18)12(19-10)21(2)27(3,25)26/h4-6H,1-3H3. The first-order chi connectivity index (χ1) is 12.3. The van der Waals surface area contributed by atoms with Gasteiger partial charge in [0.1, 0.15) is 17.6 Å². The minimum absolute atomic E-state index is 0.177. The zero-order valence-electron chi connectivity index (χ0n) is 14.1. The smallest absolute Gasteiger partial charge is 0.292 e. The van der Waals surface area contributed by atoms with E-state index in [-0.39, 0.29) is 22.0 Å². The lowest BCUT2D eigenvalue weighted by atomic mass is 10.2. The quantitative estimate of drug-likeness (QED) is 0.723. The number of pyridine rings is 1. The van der Waals surface area contributed by atoms with Crippen LogP contribution in [-0.4, -0.2) is 35.8 Å². The summed E-state index contributed by atoms with van der Waals surface area (Å²) >= 11 is 0. The van der Waals surface area contributed by atoms with Crippen LogP contribution in [0.25, 0.3) is 5.82 Å². The van der Waals surface area contributed by atoms with Gasteiger partial charge >= 0.3 is 11.9 Å². The third kappa shape index (κ3) is 3.70. The van der Waals surface area contributed by atoms with E-state index in [4.69, 9.17) is 5.26 Å². The topological polar surface area (TPSA) is 118 Å². The lowest BCUT2D eigenvalue weighted by molar-refractivity contribution is -0.144. The van der Waals surface area contributed by atoms with Gasteiger partial charge in [-0.15, -0.1) is 0 Å². The van der Waals surface area contributed by atoms with Crippen LogP contribution in [-0.2, 0) is 23.2 Å². The predicted octanol–water partition coefficient (Wildman–Crippen LogP) is 0.217. The first kappa shape index (κ1) is 20.2. The number of anilines is 1. The average Bonchev–Trinajstić information content (AvgIpc) is 2.55. The number of hydrogen-bond donors (Lipinski definition) is 0. The summed E-state index contributed by atoms with van der Waals surface area (Å²) < 4.78 is 63.4. The molecule has 0 saturated heterocycles. The van der Waals surface area contributed by atoms with Gasteiger partial charge in [-0.2, -0.15) is 18.4 Å². The average molecular weight is 403 g/mol. The van der Waals surface area contributed by atoms with Gasteiger partial charge in [-0.1, -0.05) is 0 Å². The second-order valence-electron chi connectivity index (χ2n) is 5.43. The highest BCUT2D eigenvalue weighted by Crippen LogP contribution is 2.27. The number of halogens is 3. The Hall–Kier alpha value is -3.14. The molecule has 0 aliphatic heterocycles. The summed E-state index contributed by atoms with van der Waals surface area (Å²) in [5, 5.41) is 9.10. The maximum atomic E-state index is 12.9. The SMILES string of the molecule is CN(c1nc(-n2c(=O)cc(C(F)(F)F)n(C)c2=O)ccc1C#N)S(C)(=O)=O. The van der Waals surface area contributed by atoms with Gasteiger partial charge in [-0.3, -0.25) is 13.7 Å². The zero-order valence-corrected chi connectivity index (χ0v) is 15.0. The van der Waals surface area contributed by atoms with Crippen LogP contribution in [0.5, 0.6) is 0 Å². The van der Waals surface area contributed by atoms with Gasteiger partial charge < -0.3 is 0 Å². The molecule has 0 saturated carbocycles. The molecule has 0 unspecified atom stereocenters. The second kappa shape index (κ2) is 6.54. The molecule has 9 nitrogen and oxygen atoms in total. The van der Waals surface area contributed by atoms with Crippen LogP contribution < -0.4 is 15.6 Å². The first-order valence-corrected chi connectivity index (χ1v) is 8.89. The molecule has 2 aromatic rings. The molecule has 0 amide bonds. The van der Waals surface area contributed by atoms with E-state index in [1.165, 1.54) is 0 Å². The van der Waals surface area contributed by atoms with Crippen LogP contribution in [0.15, 0.2) is 27.8 Å². The molecule has 0 bridgehead atoms. The molecule has 2 rings (SSSR count). The van der Waals surface area contributed by atoms with Gasteiger partial charge in [-0.05, 0) is 12.1 Å². The predicted molar refractivity (Wildman–Crippen MR) is 88.0 cm³/mol. The summed E-state index contributed by atoms with van der Waals surface area (Å²) in [5.74, 6) is -0.815. The van der Waals surface area contributed by atoms with E-state index in [2.05, 4.69) is 4.98 Å². The molecule has 2 aromatic heterocycles. The van der Waals surface area contributed by atoms with E-state index in [0.717, 1.165) is 32.5 Å². The Bertz CT molecular complexity index is 1180. The summed E-state index contributed by atoms with van der Waals surface area (Å²) in [7, 11) is -1.92. The number of nitriles is 1. The second-order valence-corrected chi connectivity index (χ2v) is 7.44. The monoisotopic (exact) mass is 403 g/mol. The molecule has 2 heterocycles. The normalized spacial score (nSPS) is 11.9. The Morgan fingerprint density at radius 3 is 2.33 bits per heavy atom. The number of aromatic nitrogens is 3. The summed E-state index contributed by atoms with van der Waals surface area (Å²) in [6, 6.07) is 4.08. The highest BCUT2D eigenvalue weighted by Gasteiger charge is 2.35. The number of hydrogen-bond acceptors (Lipinski definition) is 6. The minimum atomic E-state index is -4.92. The Morgan fingerprint density at radius 2 is 1.85 bits per heavy atom. The molecular weight excluding hydrogens is 391 g/mol. The summed E-state index contributed by atoms with van der Waals surface area (Å²) in [5.41, 5.74) is -4.27. The molecule has 0 aliphatic carbocycles. The van der Waals surface area contributed by atoms with Gasteiger partial charge in [0, 0.05) is 20.2 Å². The minimum Gasteiger partial charge on any atom is -0.292 e. The zero-order chi connectivity index (χ0) is 20.7. The summed E-state index contributed by atoms with van der Waals surface area (Å²) in [4.78, 5) is 28.2. The van der Waals surface area contributed by atoms with Crippen molar-refractivity contribution in [2.24, 2.45) is 7.05 Å². The van der Waals surface area contributed by atoms with Gasteiger partial charge in [0.25, 0.3) is 5.56 Å². The van der Waals surface area contributed by atoms with Crippen molar-refractivity contribution in [3.05, 3.63) is 50.3 Å². The van der Waals surface area contributed by atoms with E-state index in [9.17, 15) is 31.2 Å². The van der Waals surface area contributed by atoms with Gasteiger partial charge in [0.05, 0.1) is 11.8 Å². The Morgan fingerprint density at radius 1 is 1.26 bits per heavy atom. The van der Waals surface area contributed by atoms with E-state index in [0.29, 0.717) is 8.87 Å². The number of sulfonamides is 1. The molecule has 0 aromatic carbocycles. The summed E-state index contributed by atoms with van der Waals surface area (Å²) in [6.07, 6.45) is -4.09. The van der Waals surface area contributed by atoms with Crippen molar-refractivity contribution in [2.45, 2.75) is 6.18 Å². The fourth-order valence-corrected chi connectivity index (χ4v) is 2.61.